The van der Waals surface area contributed by atoms with Crippen LogP contribution in [-0.2, 0) is 53.7 Å². The standard InChI is InChI=1S/C25H30O14P2/c1-12-16-9-36-24(28)18(16)20(26)14(22(12)34-3)5-7-38-40(30,31)11-41(32,33)39-8-6-15-21(27)19-17(10-37-25(19)29)13(2)23(15)35-4/h26-27H,5-11H2,1-4H3,(H,30,31)(H,32,33). The van der Waals surface area contributed by atoms with Crippen LogP contribution in [0.1, 0.15) is 54.1 Å². The number of cyclic esters (lactones) is 2. The van der Waals surface area contributed by atoms with E-state index in [1.807, 2.05) is 0 Å². The summed E-state index contributed by atoms with van der Waals surface area (Å²) >= 11 is 0. The molecule has 0 bridgehead atoms. The minimum Gasteiger partial charge on any atom is -0.507 e. The van der Waals surface area contributed by atoms with Gasteiger partial charge in [0.15, 0.2) is 5.90 Å². The molecule has 41 heavy (non-hydrogen) atoms. The van der Waals surface area contributed by atoms with Crippen LogP contribution in [0.5, 0.6) is 23.0 Å². The number of benzene rings is 2. The summed E-state index contributed by atoms with van der Waals surface area (Å²) in [4.78, 5) is 44.5. The minimum absolute atomic E-state index is 0.0168. The van der Waals surface area contributed by atoms with Crippen LogP contribution in [0, 0.1) is 13.8 Å². The van der Waals surface area contributed by atoms with Crippen molar-refractivity contribution < 1.29 is 66.7 Å². The molecule has 4 rings (SSSR count). The van der Waals surface area contributed by atoms with Crippen molar-refractivity contribution >= 4 is 27.1 Å². The monoisotopic (exact) mass is 616 g/mol. The Morgan fingerprint density at radius 1 is 0.732 bits per heavy atom. The molecule has 0 fully saturated rings. The number of methoxy groups -OCH3 is 2. The topological polar surface area (TPSA) is 205 Å². The number of phenols is 2. The van der Waals surface area contributed by atoms with Gasteiger partial charge in [0.2, 0.25) is 0 Å². The maximum atomic E-state index is 12.6. The van der Waals surface area contributed by atoms with E-state index >= 15 is 0 Å². The molecule has 0 spiro atoms. The van der Waals surface area contributed by atoms with E-state index in [-0.39, 0.29) is 59.8 Å². The van der Waals surface area contributed by atoms with Crippen LogP contribution in [0.2, 0.25) is 0 Å². The number of aromatic hydroxyl groups is 2. The van der Waals surface area contributed by atoms with E-state index in [2.05, 4.69) is 0 Å². The van der Waals surface area contributed by atoms with Crippen LogP contribution >= 0.6 is 15.2 Å². The van der Waals surface area contributed by atoms with E-state index in [0.717, 1.165) is 0 Å². The van der Waals surface area contributed by atoms with Gasteiger partial charge in [-0.05, 0) is 25.0 Å². The summed E-state index contributed by atoms with van der Waals surface area (Å²) in [5, 5.41) is 21.3. The molecule has 2 aromatic carbocycles. The Morgan fingerprint density at radius 2 is 1.10 bits per heavy atom. The highest BCUT2D eigenvalue weighted by molar-refractivity contribution is 7.70. The zero-order chi connectivity index (χ0) is 30.3. The fourth-order valence-corrected chi connectivity index (χ4v) is 8.24. The number of hydrogen-bond donors (Lipinski definition) is 4. The molecule has 0 aromatic heterocycles. The van der Waals surface area contributed by atoms with Crippen LogP contribution < -0.4 is 9.47 Å². The molecule has 4 N–H and O–H groups in total. The Bertz CT molecular complexity index is 1400. The molecule has 0 radical (unpaired) electrons. The number of rotatable bonds is 12. The number of fused-ring (bicyclic) bond motifs is 2. The molecule has 14 nitrogen and oxygen atoms in total. The van der Waals surface area contributed by atoms with E-state index in [1.165, 1.54) is 14.2 Å². The molecule has 0 amide bonds. The summed E-state index contributed by atoms with van der Waals surface area (Å²) < 4.78 is 55.9. The van der Waals surface area contributed by atoms with Gasteiger partial charge in [-0.1, -0.05) is 0 Å². The molecule has 2 heterocycles. The summed E-state index contributed by atoms with van der Waals surface area (Å²) in [5.74, 6) is -2.95. The van der Waals surface area contributed by atoms with Gasteiger partial charge in [0.05, 0.1) is 27.4 Å². The van der Waals surface area contributed by atoms with Gasteiger partial charge in [-0.15, -0.1) is 0 Å². The number of ether oxygens (including phenoxy) is 4. The van der Waals surface area contributed by atoms with Crippen molar-refractivity contribution in [3.8, 4) is 23.0 Å². The summed E-state index contributed by atoms with van der Waals surface area (Å²) in [6.07, 6.45) is -0.340. The predicted molar refractivity (Wildman–Crippen MR) is 141 cm³/mol. The van der Waals surface area contributed by atoms with Crippen LogP contribution in [0.15, 0.2) is 0 Å². The quantitative estimate of drug-likeness (QED) is 0.200. The van der Waals surface area contributed by atoms with Crippen LogP contribution in [-0.4, -0.2) is 65.3 Å². The fourth-order valence-electron chi connectivity index (χ4n) is 5.03. The third-order valence-electron chi connectivity index (χ3n) is 6.94. The fraction of sp³-hybridized carbons (Fsp3) is 0.440. The lowest BCUT2D eigenvalue weighted by molar-refractivity contribution is 0.0523. The lowest BCUT2D eigenvalue weighted by Gasteiger charge is -2.19. The number of hydrogen-bond acceptors (Lipinski definition) is 12. The first kappa shape index (κ1) is 30.8. The highest BCUT2D eigenvalue weighted by Crippen LogP contribution is 2.58. The predicted octanol–water partition coefficient (Wildman–Crippen LogP) is 3.22. The lowest BCUT2D eigenvalue weighted by atomic mass is 9.95. The average molecular weight is 616 g/mol. The SMILES string of the molecule is COc1c(C)c2c(c(O)c1CCOP(=O)(O)CP(=O)(O)OCCc1c(O)c3c(c(C)c1OC)COC3=O)C(=O)OC2. The smallest absolute Gasteiger partial charge is 0.342 e. The minimum atomic E-state index is -4.68. The summed E-state index contributed by atoms with van der Waals surface area (Å²) in [6.45, 7) is 2.35. The van der Waals surface area contributed by atoms with Gasteiger partial charge in [0, 0.05) is 35.1 Å². The van der Waals surface area contributed by atoms with E-state index in [9.17, 15) is 38.7 Å². The van der Waals surface area contributed by atoms with Crippen molar-refractivity contribution in [1.29, 1.82) is 0 Å². The normalized spacial score (nSPS) is 16.8. The van der Waals surface area contributed by atoms with Crippen molar-refractivity contribution in [3.05, 3.63) is 44.5 Å². The zero-order valence-corrected chi connectivity index (χ0v) is 24.5. The largest absolute Gasteiger partial charge is 0.507 e. The Labute approximate surface area is 234 Å². The number of carbonyl (C=O) groups excluding carboxylic acids is 2. The molecule has 2 aromatic rings. The second kappa shape index (κ2) is 11.6. The summed E-state index contributed by atoms with van der Waals surface area (Å²) in [5.41, 5.74) is 2.32. The van der Waals surface area contributed by atoms with E-state index in [1.54, 1.807) is 13.8 Å². The van der Waals surface area contributed by atoms with Crippen LogP contribution in [0.3, 0.4) is 0 Å². The Balaban J connectivity index is 1.39. The molecule has 16 heteroatoms. The van der Waals surface area contributed by atoms with E-state index in [4.69, 9.17) is 28.0 Å². The van der Waals surface area contributed by atoms with Crippen LogP contribution in [0.4, 0.5) is 0 Å². The first-order chi connectivity index (χ1) is 19.2. The summed E-state index contributed by atoms with van der Waals surface area (Å²) in [7, 11) is -6.65. The average Bonchev–Trinajstić information content (AvgIpc) is 3.47. The second-order valence-corrected chi connectivity index (χ2v) is 13.6. The molecule has 0 saturated heterocycles. The number of carbonyl (C=O) groups is 2. The molecule has 2 aliphatic heterocycles. The lowest BCUT2D eigenvalue weighted by Crippen LogP contribution is -2.08. The molecule has 2 aliphatic rings. The molecule has 224 valence electrons. The highest BCUT2D eigenvalue weighted by atomic mass is 31.2. The van der Waals surface area contributed by atoms with Crippen molar-refractivity contribution in [3.63, 3.8) is 0 Å². The summed E-state index contributed by atoms with van der Waals surface area (Å²) in [6, 6.07) is 0. The molecule has 0 aliphatic carbocycles. The maximum Gasteiger partial charge on any atom is 0.342 e. The van der Waals surface area contributed by atoms with Crippen LogP contribution in [0.25, 0.3) is 0 Å². The molecular formula is C25H30O14P2. The molecule has 2 atom stereocenters. The van der Waals surface area contributed by atoms with Gasteiger partial charge >= 0.3 is 27.1 Å². The Kier molecular flexibility index (Phi) is 8.75. The zero-order valence-electron chi connectivity index (χ0n) is 22.7. The van der Waals surface area contributed by atoms with E-state index < -0.39 is 57.7 Å². The van der Waals surface area contributed by atoms with Gasteiger partial charge in [-0.2, -0.15) is 0 Å². The Hall–Kier alpha value is -3.12. The molecular weight excluding hydrogens is 586 g/mol. The number of phenolic OH excluding ortho intramolecular Hbond substituents is 2. The van der Waals surface area contributed by atoms with Crippen molar-refractivity contribution in [2.45, 2.75) is 39.9 Å². The molecule has 2 unspecified atom stereocenters. The van der Waals surface area contributed by atoms with Crippen molar-refractivity contribution in [1.82, 2.24) is 0 Å². The Morgan fingerprint density at radius 3 is 1.44 bits per heavy atom. The van der Waals surface area contributed by atoms with Gasteiger partial charge in [-0.25, -0.2) is 9.59 Å². The second-order valence-electron chi connectivity index (χ2n) is 9.41. The van der Waals surface area contributed by atoms with Gasteiger partial charge in [0.1, 0.15) is 47.3 Å². The first-order valence-corrected chi connectivity index (χ1v) is 15.8. The highest BCUT2D eigenvalue weighted by Gasteiger charge is 2.36. The first-order valence-electron chi connectivity index (χ1n) is 12.3. The van der Waals surface area contributed by atoms with Crippen molar-refractivity contribution in [2.75, 3.05) is 33.3 Å². The van der Waals surface area contributed by atoms with Gasteiger partial charge in [-0.3, -0.25) is 9.13 Å². The van der Waals surface area contributed by atoms with Gasteiger partial charge < -0.3 is 48.0 Å². The number of esters is 2. The maximum absolute atomic E-state index is 12.6. The third kappa shape index (κ3) is 5.94. The third-order valence-corrected chi connectivity index (χ3v) is 11.0. The van der Waals surface area contributed by atoms with Gasteiger partial charge in [0.25, 0.3) is 0 Å². The molecule has 0 saturated carbocycles. The van der Waals surface area contributed by atoms with E-state index in [0.29, 0.717) is 22.3 Å². The van der Waals surface area contributed by atoms with Crippen molar-refractivity contribution in [2.24, 2.45) is 0 Å².